The minimum Gasteiger partial charge on any atom is -0.467 e. The molecule has 0 aromatic heterocycles. The van der Waals surface area contributed by atoms with Crippen molar-refractivity contribution in [1.29, 1.82) is 0 Å². The lowest BCUT2D eigenvalue weighted by atomic mass is 9.92. The third kappa shape index (κ3) is 1.52. The lowest BCUT2D eigenvalue weighted by Crippen LogP contribution is -2.48. The fourth-order valence-corrected chi connectivity index (χ4v) is 2.56. The van der Waals surface area contributed by atoms with Gasteiger partial charge in [0, 0.05) is 0 Å². The van der Waals surface area contributed by atoms with Crippen LogP contribution in [0.2, 0.25) is 0 Å². The van der Waals surface area contributed by atoms with Gasteiger partial charge in [0.25, 0.3) is 0 Å². The fourth-order valence-electron chi connectivity index (χ4n) is 2.56. The first kappa shape index (κ1) is 11.1. The van der Waals surface area contributed by atoms with Crippen LogP contribution >= 0.6 is 0 Å². The number of hydrogen-bond acceptors (Lipinski definition) is 3. The number of methoxy groups -OCH3 is 1. The van der Waals surface area contributed by atoms with Crippen LogP contribution in [0.1, 0.15) is 24.5 Å². The van der Waals surface area contributed by atoms with Gasteiger partial charge < -0.3 is 4.74 Å². The lowest BCUT2D eigenvalue weighted by molar-refractivity contribution is -0.149. The molecular weight excluding hydrogens is 202 g/mol. The molecule has 1 aromatic rings. The molecule has 0 amide bonds. The number of ether oxygens (including phenoxy) is 1. The van der Waals surface area contributed by atoms with E-state index in [1.165, 1.54) is 12.7 Å². The first-order valence-corrected chi connectivity index (χ1v) is 5.66. The van der Waals surface area contributed by atoms with E-state index in [-0.39, 0.29) is 5.97 Å². The number of rotatable bonds is 3. The molecule has 3 nitrogen and oxygen atoms in total. The van der Waals surface area contributed by atoms with Crippen molar-refractivity contribution in [2.75, 3.05) is 13.7 Å². The van der Waals surface area contributed by atoms with Gasteiger partial charge in [-0.3, -0.25) is 5.32 Å². The number of nitrogens with one attached hydrogen (secondary N) is 1. The Labute approximate surface area is 95.8 Å². The molecule has 0 fully saturated rings. The summed E-state index contributed by atoms with van der Waals surface area (Å²) in [7, 11) is 1.45. The highest BCUT2D eigenvalue weighted by Gasteiger charge is 2.45. The molecule has 0 saturated carbocycles. The number of esters is 1. The van der Waals surface area contributed by atoms with E-state index >= 15 is 0 Å². The van der Waals surface area contributed by atoms with Gasteiger partial charge >= 0.3 is 5.97 Å². The van der Waals surface area contributed by atoms with E-state index in [9.17, 15) is 4.79 Å². The lowest BCUT2D eigenvalue weighted by Gasteiger charge is -2.28. The first-order chi connectivity index (χ1) is 7.74. The van der Waals surface area contributed by atoms with Crippen LogP contribution in [-0.4, -0.2) is 19.6 Å². The van der Waals surface area contributed by atoms with E-state index in [4.69, 9.17) is 4.74 Å². The minimum atomic E-state index is -0.625. The van der Waals surface area contributed by atoms with Crippen LogP contribution in [0.25, 0.3) is 0 Å². The Kier molecular flexibility index (Phi) is 2.97. The van der Waals surface area contributed by atoms with Crippen LogP contribution in [0.3, 0.4) is 0 Å². The summed E-state index contributed by atoms with van der Waals surface area (Å²) in [6.45, 7) is 2.76. The Hall–Kier alpha value is -1.35. The van der Waals surface area contributed by atoms with E-state index < -0.39 is 5.54 Å². The smallest absolute Gasteiger partial charge is 0.330 e. The second-order valence-electron chi connectivity index (χ2n) is 4.08. The molecule has 1 atom stereocenters. The van der Waals surface area contributed by atoms with Crippen molar-refractivity contribution in [1.82, 2.24) is 5.32 Å². The molecule has 0 saturated heterocycles. The molecule has 0 spiro atoms. The molecule has 1 unspecified atom stereocenters. The summed E-state index contributed by atoms with van der Waals surface area (Å²) >= 11 is 0. The molecule has 16 heavy (non-hydrogen) atoms. The fraction of sp³-hybridized carbons (Fsp3) is 0.462. The summed E-state index contributed by atoms with van der Waals surface area (Å²) in [4.78, 5) is 12.0. The molecule has 1 aromatic carbocycles. The third-order valence-electron chi connectivity index (χ3n) is 3.26. The van der Waals surface area contributed by atoms with Gasteiger partial charge in [-0.05, 0) is 30.5 Å². The Morgan fingerprint density at radius 3 is 2.94 bits per heavy atom. The second-order valence-corrected chi connectivity index (χ2v) is 4.08. The zero-order valence-corrected chi connectivity index (χ0v) is 9.75. The normalized spacial score (nSPS) is 22.9. The van der Waals surface area contributed by atoms with Gasteiger partial charge in [-0.1, -0.05) is 31.2 Å². The van der Waals surface area contributed by atoms with Gasteiger partial charge in [0.15, 0.2) is 0 Å². The summed E-state index contributed by atoms with van der Waals surface area (Å²) in [5.74, 6) is -0.181. The van der Waals surface area contributed by atoms with Gasteiger partial charge in [-0.25, -0.2) is 4.79 Å². The molecule has 1 aliphatic rings. The molecule has 1 aliphatic carbocycles. The van der Waals surface area contributed by atoms with Crippen LogP contribution in [0.15, 0.2) is 24.3 Å². The number of carbonyl (C=O) groups is 1. The summed E-state index contributed by atoms with van der Waals surface area (Å²) < 4.78 is 4.95. The zero-order valence-electron chi connectivity index (χ0n) is 9.75. The Balaban J connectivity index is 2.46. The van der Waals surface area contributed by atoms with Crippen LogP contribution in [-0.2, 0) is 21.5 Å². The van der Waals surface area contributed by atoms with Crippen molar-refractivity contribution >= 4 is 5.97 Å². The second kappa shape index (κ2) is 4.26. The van der Waals surface area contributed by atoms with Crippen molar-refractivity contribution < 1.29 is 9.53 Å². The number of carbonyl (C=O) groups excluding carboxylic acids is 1. The van der Waals surface area contributed by atoms with Crippen molar-refractivity contribution in [2.45, 2.75) is 25.3 Å². The SMILES string of the molecule is CCNC1(C(=O)OC)CCc2ccccc21. The number of benzene rings is 1. The molecule has 3 heteroatoms. The van der Waals surface area contributed by atoms with Crippen molar-refractivity contribution in [3.63, 3.8) is 0 Å². The van der Waals surface area contributed by atoms with E-state index in [2.05, 4.69) is 11.4 Å². The summed E-state index contributed by atoms with van der Waals surface area (Å²) in [6.07, 6.45) is 1.71. The maximum absolute atomic E-state index is 12.0. The van der Waals surface area contributed by atoms with Crippen LogP contribution in [0.4, 0.5) is 0 Å². The first-order valence-electron chi connectivity index (χ1n) is 5.66. The van der Waals surface area contributed by atoms with Crippen LogP contribution in [0, 0.1) is 0 Å². The maximum atomic E-state index is 12.0. The predicted octanol–water partition coefficient (Wildman–Crippen LogP) is 1.61. The van der Waals surface area contributed by atoms with Gasteiger partial charge in [0.2, 0.25) is 0 Å². The molecule has 1 N–H and O–H groups in total. The van der Waals surface area contributed by atoms with E-state index in [1.807, 2.05) is 25.1 Å². The Bertz CT molecular complexity index is 399. The highest BCUT2D eigenvalue weighted by Crippen LogP contribution is 2.37. The van der Waals surface area contributed by atoms with Crippen LogP contribution < -0.4 is 5.32 Å². The third-order valence-corrected chi connectivity index (χ3v) is 3.26. The van der Waals surface area contributed by atoms with Crippen LogP contribution in [0.5, 0.6) is 0 Å². The van der Waals surface area contributed by atoms with Gasteiger partial charge in [0.1, 0.15) is 5.54 Å². The molecule has 86 valence electrons. The average Bonchev–Trinajstić information content (AvgIpc) is 2.69. The topological polar surface area (TPSA) is 38.3 Å². The molecular formula is C13H17NO2. The van der Waals surface area contributed by atoms with E-state index in [0.29, 0.717) is 0 Å². The van der Waals surface area contributed by atoms with Gasteiger partial charge in [-0.2, -0.15) is 0 Å². The maximum Gasteiger partial charge on any atom is 0.330 e. The Morgan fingerprint density at radius 1 is 1.50 bits per heavy atom. The Morgan fingerprint density at radius 2 is 2.25 bits per heavy atom. The highest BCUT2D eigenvalue weighted by molar-refractivity contribution is 5.84. The van der Waals surface area contributed by atoms with Gasteiger partial charge in [-0.15, -0.1) is 0 Å². The molecule has 0 aliphatic heterocycles. The van der Waals surface area contributed by atoms with Gasteiger partial charge in [0.05, 0.1) is 7.11 Å². The average molecular weight is 219 g/mol. The molecule has 0 bridgehead atoms. The van der Waals surface area contributed by atoms with Crippen molar-refractivity contribution in [3.05, 3.63) is 35.4 Å². The minimum absolute atomic E-state index is 0.181. The number of aryl methyl sites for hydroxylation is 1. The van der Waals surface area contributed by atoms with E-state index in [0.717, 1.165) is 24.9 Å². The number of likely N-dealkylation sites (N-methyl/N-ethyl adjacent to an activating group) is 1. The molecule has 2 rings (SSSR count). The summed E-state index contributed by atoms with van der Waals surface area (Å²) in [5.41, 5.74) is 1.69. The number of fused-ring (bicyclic) bond motifs is 1. The predicted molar refractivity (Wildman–Crippen MR) is 62.1 cm³/mol. The largest absolute Gasteiger partial charge is 0.467 e. The van der Waals surface area contributed by atoms with Crippen molar-refractivity contribution in [2.24, 2.45) is 0 Å². The van der Waals surface area contributed by atoms with E-state index in [1.54, 1.807) is 0 Å². The quantitative estimate of drug-likeness (QED) is 0.785. The van der Waals surface area contributed by atoms with Crippen molar-refractivity contribution in [3.8, 4) is 0 Å². The summed E-state index contributed by atoms with van der Waals surface area (Å²) in [5, 5.41) is 3.29. The zero-order chi connectivity index (χ0) is 11.6. The molecule has 0 radical (unpaired) electrons. The molecule has 0 heterocycles. The highest BCUT2D eigenvalue weighted by atomic mass is 16.5. The number of hydrogen-bond donors (Lipinski definition) is 1. The summed E-state index contributed by atoms with van der Waals surface area (Å²) in [6, 6.07) is 8.08. The standard InChI is InChI=1S/C13H17NO2/c1-3-14-13(12(15)16-2)9-8-10-6-4-5-7-11(10)13/h4-7,14H,3,8-9H2,1-2H3. The monoisotopic (exact) mass is 219 g/mol.